The summed E-state index contributed by atoms with van der Waals surface area (Å²) in [7, 11) is 0. The lowest BCUT2D eigenvalue weighted by molar-refractivity contribution is 0.0455. The molecule has 0 unspecified atom stereocenters. The Morgan fingerprint density at radius 1 is 0.700 bits per heavy atom. The van der Waals surface area contributed by atoms with Crippen molar-refractivity contribution in [2.24, 2.45) is 17.8 Å². The molecule has 0 amide bonds. The van der Waals surface area contributed by atoms with Crippen LogP contribution < -0.4 is 0 Å². The fraction of sp³-hybridized carbons (Fsp3) is 1.00. The third kappa shape index (κ3) is 6.16. The second kappa shape index (κ2) is 9.82. The minimum atomic E-state index is 0.876. The summed E-state index contributed by atoms with van der Waals surface area (Å²) in [5, 5.41) is 0. The summed E-state index contributed by atoms with van der Waals surface area (Å²) in [6.45, 7) is 4.41. The molecule has 2 aliphatic carbocycles. The molecular formula is C19H36O. The Morgan fingerprint density at radius 3 is 1.95 bits per heavy atom. The van der Waals surface area contributed by atoms with Gasteiger partial charge in [-0.25, -0.2) is 0 Å². The Hall–Kier alpha value is -0.0400. The van der Waals surface area contributed by atoms with Crippen LogP contribution in [0.15, 0.2) is 0 Å². The van der Waals surface area contributed by atoms with E-state index in [1.165, 1.54) is 83.5 Å². The molecule has 2 fully saturated rings. The molecule has 1 nitrogen and oxygen atoms in total. The van der Waals surface area contributed by atoms with Gasteiger partial charge in [0.15, 0.2) is 0 Å². The van der Waals surface area contributed by atoms with Gasteiger partial charge < -0.3 is 4.74 Å². The fourth-order valence-electron chi connectivity index (χ4n) is 4.13. The average molecular weight is 280 g/mol. The molecule has 0 aliphatic heterocycles. The largest absolute Gasteiger partial charge is 0.381 e. The molecule has 0 spiro atoms. The van der Waals surface area contributed by atoms with Gasteiger partial charge in [-0.15, -0.1) is 0 Å². The van der Waals surface area contributed by atoms with Gasteiger partial charge in [0, 0.05) is 13.2 Å². The van der Waals surface area contributed by atoms with Crippen molar-refractivity contribution in [3.63, 3.8) is 0 Å². The first-order chi connectivity index (χ1) is 9.88. The number of ether oxygens (including phenoxy) is 1. The summed E-state index contributed by atoms with van der Waals surface area (Å²) in [5.74, 6) is 2.80. The van der Waals surface area contributed by atoms with Gasteiger partial charge in [0.25, 0.3) is 0 Å². The van der Waals surface area contributed by atoms with Crippen molar-refractivity contribution in [3.05, 3.63) is 0 Å². The molecule has 0 aromatic heterocycles. The van der Waals surface area contributed by atoms with E-state index in [2.05, 4.69) is 6.92 Å². The van der Waals surface area contributed by atoms with Crippen molar-refractivity contribution in [1.29, 1.82) is 0 Å². The first kappa shape index (κ1) is 16.3. The lowest BCUT2D eigenvalue weighted by atomic mass is 9.80. The van der Waals surface area contributed by atoms with Crippen LogP contribution in [0.4, 0.5) is 0 Å². The third-order valence-electron chi connectivity index (χ3n) is 5.61. The van der Waals surface area contributed by atoms with E-state index in [0.717, 1.165) is 31.0 Å². The number of hydrogen-bond acceptors (Lipinski definition) is 1. The molecule has 20 heavy (non-hydrogen) atoms. The van der Waals surface area contributed by atoms with Crippen LogP contribution in [0.2, 0.25) is 0 Å². The molecule has 1 heteroatoms. The normalized spacial score (nSPS) is 28.6. The molecule has 0 radical (unpaired) electrons. The summed E-state index contributed by atoms with van der Waals surface area (Å²) >= 11 is 0. The van der Waals surface area contributed by atoms with E-state index in [0.29, 0.717) is 0 Å². The van der Waals surface area contributed by atoms with Gasteiger partial charge in [-0.1, -0.05) is 64.7 Å². The second-order valence-corrected chi connectivity index (χ2v) is 7.42. The van der Waals surface area contributed by atoms with Crippen LogP contribution in [-0.2, 0) is 4.74 Å². The zero-order valence-corrected chi connectivity index (χ0v) is 13.7. The quantitative estimate of drug-likeness (QED) is 0.498. The predicted octanol–water partition coefficient (Wildman–Crippen LogP) is 5.97. The highest BCUT2D eigenvalue weighted by Crippen LogP contribution is 2.32. The zero-order chi connectivity index (χ0) is 14.0. The lowest BCUT2D eigenvalue weighted by Gasteiger charge is -2.29. The van der Waals surface area contributed by atoms with E-state index in [-0.39, 0.29) is 0 Å². The lowest BCUT2D eigenvalue weighted by Crippen LogP contribution is -2.21. The van der Waals surface area contributed by atoms with E-state index in [9.17, 15) is 0 Å². The van der Waals surface area contributed by atoms with Crippen LogP contribution in [0.25, 0.3) is 0 Å². The smallest absolute Gasteiger partial charge is 0.0494 e. The predicted molar refractivity (Wildman–Crippen MR) is 87.0 cm³/mol. The van der Waals surface area contributed by atoms with Crippen LogP contribution in [0.1, 0.15) is 90.4 Å². The third-order valence-corrected chi connectivity index (χ3v) is 5.61. The first-order valence-electron chi connectivity index (χ1n) is 9.46. The summed E-state index contributed by atoms with van der Waals surface area (Å²) < 4.78 is 6.05. The summed E-state index contributed by atoms with van der Waals surface area (Å²) in [6, 6.07) is 0. The SMILES string of the molecule is CCCCCC1CCC(COCC2CCCCC2)CC1. The molecule has 2 aliphatic rings. The van der Waals surface area contributed by atoms with Crippen molar-refractivity contribution < 1.29 is 4.74 Å². The maximum atomic E-state index is 6.05. The minimum Gasteiger partial charge on any atom is -0.381 e. The number of hydrogen-bond donors (Lipinski definition) is 0. The molecule has 2 rings (SSSR count). The molecule has 0 saturated heterocycles. The van der Waals surface area contributed by atoms with Gasteiger partial charge in [0.2, 0.25) is 0 Å². The van der Waals surface area contributed by atoms with E-state index in [1.54, 1.807) is 0 Å². The molecule has 0 atom stereocenters. The van der Waals surface area contributed by atoms with Crippen LogP contribution in [-0.4, -0.2) is 13.2 Å². The van der Waals surface area contributed by atoms with Crippen molar-refractivity contribution in [2.75, 3.05) is 13.2 Å². The fourth-order valence-corrected chi connectivity index (χ4v) is 4.13. The van der Waals surface area contributed by atoms with Gasteiger partial charge in [-0.3, -0.25) is 0 Å². The topological polar surface area (TPSA) is 9.23 Å². The van der Waals surface area contributed by atoms with Crippen molar-refractivity contribution in [1.82, 2.24) is 0 Å². The highest BCUT2D eigenvalue weighted by atomic mass is 16.5. The van der Waals surface area contributed by atoms with Gasteiger partial charge in [0.1, 0.15) is 0 Å². The highest BCUT2D eigenvalue weighted by Gasteiger charge is 2.21. The molecular weight excluding hydrogens is 244 g/mol. The Bertz CT molecular complexity index is 224. The van der Waals surface area contributed by atoms with Gasteiger partial charge in [-0.2, -0.15) is 0 Å². The monoisotopic (exact) mass is 280 g/mol. The summed E-state index contributed by atoms with van der Waals surface area (Å²) in [4.78, 5) is 0. The molecule has 0 bridgehead atoms. The number of unbranched alkanes of at least 4 members (excludes halogenated alkanes) is 2. The molecule has 2 saturated carbocycles. The van der Waals surface area contributed by atoms with E-state index in [4.69, 9.17) is 4.74 Å². The maximum absolute atomic E-state index is 6.05. The summed E-state index contributed by atoms with van der Waals surface area (Å²) in [6.07, 6.45) is 18.7. The Kier molecular flexibility index (Phi) is 8.02. The zero-order valence-electron chi connectivity index (χ0n) is 13.7. The standard InChI is InChI=1S/C19H36O/c1-2-3-5-8-17-11-13-19(14-12-17)16-20-15-18-9-6-4-7-10-18/h17-19H,2-16H2,1H3. The van der Waals surface area contributed by atoms with Crippen LogP contribution in [0.5, 0.6) is 0 Å². The van der Waals surface area contributed by atoms with Gasteiger partial charge in [0.05, 0.1) is 0 Å². The molecule has 118 valence electrons. The molecule has 0 aromatic rings. The van der Waals surface area contributed by atoms with Crippen LogP contribution in [0, 0.1) is 17.8 Å². The highest BCUT2D eigenvalue weighted by molar-refractivity contribution is 4.73. The maximum Gasteiger partial charge on any atom is 0.0494 e. The Balaban J connectivity index is 1.48. The Morgan fingerprint density at radius 2 is 1.30 bits per heavy atom. The Labute approximate surface area is 126 Å². The number of rotatable bonds is 8. The average Bonchev–Trinajstić information content (AvgIpc) is 2.50. The van der Waals surface area contributed by atoms with Crippen molar-refractivity contribution >= 4 is 0 Å². The van der Waals surface area contributed by atoms with E-state index < -0.39 is 0 Å². The molecule has 0 N–H and O–H groups in total. The van der Waals surface area contributed by atoms with Crippen LogP contribution >= 0.6 is 0 Å². The van der Waals surface area contributed by atoms with E-state index in [1.807, 2.05) is 0 Å². The molecule has 0 aromatic carbocycles. The van der Waals surface area contributed by atoms with E-state index >= 15 is 0 Å². The first-order valence-corrected chi connectivity index (χ1v) is 9.46. The molecule has 0 heterocycles. The summed E-state index contributed by atoms with van der Waals surface area (Å²) in [5.41, 5.74) is 0. The van der Waals surface area contributed by atoms with Gasteiger partial charge >= 0.3 is 0 Å². The van der Waals surface area contributed by atoms with Crippen molar-refractivity contribution in [3.8, 4) is 0 Å². The second-order valence-electron chi connectivity index (χ2n) is 7.42. The minimum absolute atomic E-state index is 0.876. The van der Waals surface area contributed by atoms with Gasteiger partial charge in [-0.05, 0) is 43.4 Å². The van der Waals surface area contributed by atoms with Crippen LogP contribution in [0.3, 0.4) is 0 Å². The van der Waals surface area contributed by atoms with Crippen molar-refractivity contribution in [2.45, 2.75) is 90.4 Å².